The van der Waals surface area contributed by atoms with Crippen LogP contribution in [0.5, 0.6) is 5.75 Å². The first-order valence-electron chi connectivity index (χ1n) is 7.01. The van der Waals surface area contributed by atoms with Gasteiger partial charge in [-0.25, -0.2) is 0 Å². The molecule has 0 aliphatic rings. The molecule has 0 radical (unpaired) electrons. The van der Waals surface area contributed by atoms with Gasteiger partial charge < -0.3 is 5.11 Å². The number of ketones is 1. The fourth-order valence-electron chi connectivity index (χ4n) is 2.42. The predicted octanol–water partition coefficient (Wildman–Crippen LogP) is 4.14. The molecule has 0 spiro atoms. The summed E-state index contributed by atoms with van der Waals surface area (Å²) in [5.74, 6) is 0.241. The van der Waals surface area contributed by atoms with Gasteiger partial charge in [-0.3, -0.25) is 4.79 Å². The Kier molecular flexibility index (Phi) is 4.57. The lowest BCUT2D eigenvalue weighted by Crippen LogP contribution is -1.99. The van der Waals surface area contributed by atoms with E-state index in [2.05, 4.69) is 31.2 Å². The summed E-state index contributed by atoms with van der Waals surface area (Å²) in [4.78, 5) is 11.4. The van der Waals surface area contributed by atoms with E-state index in [9.17, 15) is 9.90 Å². The maximum atomic E-state index is 11.4. The van der Waals surface area contributed by atoms with E-state index in [-0.39, 0.29) is 18.0 Å². The molecule has 0 aliphatic heterocycles. The molecule has 0 bridgehead atoms. The van der Waals surface area contributed by atoms with E-state index in [1.165, 1.54) is 5.56 Å². The molecule has 0 amide bonds. The third kappa shape index (κ3) is 3.27. The van der Waals surface area contributed by atoms with Crippen molar-refractivity contribution in [3.8, 4) is 16.9 Å². The van der Waals surface area contributed by atoms with Crippen molar-refractivity contribution in [1.82, 2.24) is 0 Å². The number of aryl methyl sites for hydroxylation is 1. The molecule has 104 valence electrons. The quantitative estimate of drug-likeness (QED) is 0.884. The third-order valence-corrected chi connectivity index (χ3v) is 3.38. The van der Waals surface area contributed by atoms with Crippen molar-refractivity contribution < 1.29 is 9.90 Å². The van der Waals surface area contributed by atoms with Crippen molar-refractivity contribution >= 4 is 5.78 Å². The molecule has 20 heavy (non-hydrogen) atoms. The molecule has 1 N–H and O–H groups in total. The first kappa shape index (κ1) is 14.3. The van der Waals surface area contributed by atoms with Crippen LogP contribution in [0, 0.1) is 0 Å². The second kappa shape index (κ2) is 6.38. The molecule has 0 unspecified atom stereocenters. The number of hydrogen-bond donors (Lipinski definition) is 1. The predicted molar refractivity (Wildman–Crippen MR) is 81.9 cm³/mol. The highest BCUT2D eigenvalue weighted by Gasteiger charge is 2.11. The summed E-state index contributed by atoms with van der Waals surface area (Å²) >= 11 is 0. The van der Waals surface area contributed by atoms with E-state index >= 15 is 0 Å². The van der Waals surface area contributed by atoms with Gasteiger partial charge >= 0.3 is 0 Å². The van der Waals surface area contributed by atoms with Gasteiger partial charge in [-0.2, -0.15) is 0 Å². The number of carbonyl (C=O) groups is 1. The second-order valence-corrected chi connectivity index (χ2v) is 5.13. The number of hydrogen-bond acceptors (Lipinski definition) is 2. The molecule has 2 aromatic carbocycles. The van der Waals surface area contributed by atoms with Gasteiger partial charge in [-0.15, -0.1) is 0 Å². The molecular weight excluding hydrogens is 248 g/mol. The van der Waals surface area contributed by atoms with Crippen molar-refractivity contribution in [2.45, 2.75) is 33.1 Å². The van der Waals surface area contributed by atoms with Gasteiger partial charge in [0.1, 0.15) is 11.5 Å². The Morgan fingerprint density at radius 3 is 2.40 bits per heavy atom. The van der Waals surface area contributed by atoms with E-state index in [1.54, 1.807) is 13.0 Å². The van der Waals surface area contributed by atoms with Crippen LogP contribution in [0.2, 0.25) is 0 Å². The fourth-order valence-corrected chi connectivity index (χ4v) is 2.42. The molecule has 0 aromatic heterocycles. The SMILES string of the molecule is CCCc1ccc(-c2cccc(O)c2CC(C)=O)cc1. The Morgan fingerprint density at radius 1 is 1.10 bits per heavy atom. The van der Waals surface area contributed by atoms with Crippen LogP contribution in [0.3, 0.4) is 0 Å². The summed E-state index contributed by atoms with van der Waals surface area (Å²) in [5.41, 5.74) is 3.99. The van der Waals surface area contributed by atoms with Crippen molar-refractivity contribution in [2.75, 3.05) is 0 Å². The highest BCUT2D eigenvalue weighted by molar-refractivity contribution is 5.83. The molecule has 0 heterocycles. The van der Waals surface area contributed by atoms with Crippen LogP contribution in [0.25, 0.3) is 11.1 Å². The summed E-state index contributed by atoms with van der Waals surface area (Å²) in [6, 6.07) is 13.7. The molecule has 2 nitrogen and oxygen atoms in total. The highest BCUT2D eigenvalue weighted by atomic mass is 16.3. The molecule has 0 saturated heterocycles. The molecular formula is C18H20O2. The smallest absolute Gasteiger partial charge is 0.134 e. The van der Waals surface area contributed by atoms with Crippen LogP contribution in [-0.4, -0.2) is 10.9 Å². The van der Waals surface area contributed by atoms with Crippen molar-refractivity contribution in [2.24, 2.45) is 0 Å². The Morgan fingerprint density at radius 2 is 1.80 bits per heavy atom. The zero-order chi connectivity index (χ0) is 14.5. The van der Waals surface area contributed by atoms with E-state index in [0.717, 1.165) is 24.0 Å². The van der Waals surface area contributed by atoms with Gasteiger partial charge in [0.15, 0.2) is 0 Å². The summed E-state index contributed by atoms with van der Waals surface area (Å²) < 4.78 is 0. The molecule has 2 rings (SSSR count). The lowest BCUT2D eigenvalue weighted by molar-refractivity contribution is -0.116. The minimum Gasteiger partial charge on any atom is -0.508 e. The normalized spacial score (nSPS) is 10.5. The minimum atomic E-state index is 0.0513. The zero-order valence-electron chi connectivity index (χ0n) is 12.0. The van der Waals surface area contributed by atoms with E-state index in [1.807, 2.05) is 12.1 Å². The van der Waals surface area contributed by atoms with E-state index in [4.69, 9.17) is 0 Å². The van der Waals surface area contributed by atoms with Crippen LogP contribution in [0.15, 0.2) is 42.5 Å². The van der Waals surface area contributed by atoms with Gasteiger partial charge in [0.25, 0.3) is 0 Å². The van der Waals surface area contributed by atoms with Gasteiger partial charge in [0.2, 0.25) is 0 Å². The molecule has 0 saturated carbocycles. The molecule has 0 fully saturated rings. The second-order valence-electron chi connectivity index (χ2n) is 5.13. The van der Waals surface area contributed by atoms with Gasteiger partial charge in [0, 0.05) is 12.0 Å². The van der Waals surface area contributed by atoms with Crippen LogP contribution in [0.4, 0.5) is 0 Å². The number of Topliss-reactive ketones (excluding diaryl/α,β-unsaturated/α-hetero) is 1. The summed E-state index contributed by atoms with van der Waals surface area (Å²) in [7, 11) is 0. The third-order valence-electron chi connectivity index (χ3n) is 3.38. The zero-order valence-corrected chi connectivity index (χ0v) is 12.0. The average molecular weight is 268 g/mol. The summed E-state index contributed by atoms with van der Waals surface area (Å²) in [6.07, 6.45) is 2.46. The topological polar surface area (TPSA) is 37.3 Å². The summed E-state index contributed by atoms with van der Waals surface area (Å²) in [5, 5.41) is 9.99. The number of phenols is 1. The van der Waals surface area contributed by atoms with Crippen molar-refractivity contribution in [3.05, 3.63) is 53.6 Å². The van der Waals surface area contributed by atoms with E-state index < -0.39 is 0 Å². The molecule has 0 atom stereocenters. The van der Waals surface area contributed by atoms with Crippen LogP contribution >= 0.6 is 0 Å². The lowest BCUT2D eigenvalue weighted by atomic mass is 9.94. The Balaban J connectivity index is 2.41. The highest BCUT2D eigenvalue weighted by Crippen LogP contribution is 2.30. The van der Waals surface area contributed by atoms with Crippen molar-refractivity contribution in [1.29, 1.82) is 0 Å². The van der Waals surface area contributed by atoms with Gasteiger partial charge in [0.05, 0.1) is 0 Å². The van der Waals surface area contributed by atoms with Gasteiger partial charge in [-0.1, -0.05) is 49.7 Å². The Bertz CT molecular complexity index is 597. The maximum Gasteiger partial charge on any atom is 0.134 e. The Hall–Kier alpha value is -2.09. The number of carbonyl (C=O) groups excluding carboxylic acids is 1. The van der Waals surface area contributed by atoms with Gasteiger partial charge in [-0.05, 0) is 36.1 Å². The first-order chi connectivity index (χ1) is 9.61. The monoisotopic (exact) mass is 268 g/mol. The number of aromatic hydroxyl groups is 1. The Labute approximate surface area is 120 Å². The molecule has 0 aliphatic carbocycles. The molecule has 2 heteroatoms. The van der Waals surface area contributed by atoms with Crippen LogP contribution in [-0.2, 0) is 17.6 Å². The first-order valence-corrected chi connectivity index (χ1v) is 7.01. The van der Waals surface area contributed by atoms with Crippen LogP contribution < -0.4 is 0 Å². The van der Waals surface area contributed by atoms with Crippen molar-refractivity contribution in [3.63, 3.8) is 0 Å². The van der Waals surface area contributed by atoms with Crippen LogP contribution in [0.1, 0.15) is 31.4 Å². The number of benzene rings is 2. The van der Waals surface area contributed by atoms with E-state index in [0.29, 0.717) is 5.56 Å². The largest absolute Gasteiger partial charge is 0.508 e. The number of rotatable bonds is 5. The molecule has 2 aromatic rings. The number of phenolic OH excluding ortho intramolecular Hbond substituents is 1. The standard InChI is InChI=1S/C18H20O2/c1-3-5-14-8-10-15(11-9-14)16-6-4-7-18(20)17(16)12-13(2)19/h4,6-11,20H,3,5,12H2,1-2H3. The summed E-state index contributed by atoms with van der Waals surface area (Å²) in [6.45, 7) is 3.70. The average Bonchev–Trinajstić information content (AvgIpc) is 2.42. The maximum absolute atomic E-state index is 11.4. The lowest BCUT2D eigenvalue weighted by Gasteiger charge is -2.11. The minimum absolute atomic E-state index is 0.0513. The fraction of sp³-hybridized carbons (Fsp3) is 0.278.